The molecule has 25 heavy (non-hydrogen) atoms. The van der Waals surface area contributed by atoms with Crippen LogP contribution in [0.4, 0.5) is 0 Å². The van der Waals surface area contributed by atoms with Gasteiger partial charge in [-0.3, -0.25) is 14.6 Å². The average Bonchev–Trinajstić information content (AvgIpc) is 2.65. The molecule has 4 nitrogen and oxygen atoms in total. The van der Waals surface area contributed by atoms with Crippen LogP contribution in [0.5, 0.6) is 0 Å². The molecule has 0 spiro atoms. The number of aldehydes is 2. The Balaban J connectivity index is 2.59. The lowest BCUT2D eigenvalue weighted by atomic mass is 10.0. The third-order valence-corrected chi connectivity index (χ3v) is 4.73. The van der Waals surface area contributed by atoms with E-state index in [2.05, 4.69) is 23.8 Å². The fourth-order valence-corrected chi connectivity index (χ4v) is 2.75. The molecule has 0 heterocycles. The maximum absolute atomic E-state index is 11.0. The largest absolute Gasteiger partial charge is 0.371 e. The fourth-order valence-electron chi connectivity index (χ4n) is 1.98. The van der Waals surface area contributed by atoms with Gasteiger partial charge >= 0.3 is 0 Å². The topological polar surface area (TPSA) is 49.7 Å². The minimum atomic E-state index is 0.572. The van der Waals surface area contributed by atoms with Crippen molar-refractivity contribution in [3.05, 3.63) is 70.4 Å². The second-order valence-corrected chi connectivity index (χ2v) is 6.42. The molecular weight excluding hydrogens is 332 g/mol. The van der Waals surface area contributed by atoms with E-state index in [0.29, 0.717) is 16.5 Å². The Bertz CT molecular complexity index is 664. The molecule has 0 bridgehead atoms. The lowest BCUT2D eigenvalue weighted by Crippen LogP contribution is -2.10. The summed E-state index contributed by atoms with van der Waals surface area (Å²) in [5.74, 6) is 0.602. The first-order chi connectivity index (χ1) is 12.1. The Morgan fingerprint density at radius 1 is 1.28 bits per heavy atom. The van der Waals surface area contributed by atoms with Crippen LogP contribution < -0.4 is 0 Å². The molecule has 5 heteroatoms. The summed E-state index contributed by atoms with van der Waals surface area (Å²) in [5.41, 5.74) is 2.83. The first-order valence-electron chi connectivity index (χ1n) is 7.93. The maximum atomic E-state index is 11.0. The molecule has 1 rings (SSSR count). The minimum absolute atomic E-state index is 0.572. The predicted molar refractivity (Wildman–Crippen MR) is 107 cm³/mol. The first kappa shape index (κ1) is 20.6. The van der Waals surface area contributed by atoms with E-state index in [1.165, 1.54) is 17.3 Å². The number of hydrogen-bond acceptors (Lipinski definition) is 5. The molecule has 0 amide bonds. The van der Waals surface area contributed by atoms with Crippen LogP contribution >= 0.6 is 11.8 Å². The van der Waals surface area contributed by atoms with E-state index >= 15 is 0 Å². The highest BCUT2D eigenvalue weighted by Crippen LogP contribution is 2.19. The number of benzene rings is 1. The summed E-state index contributed by atoms with van der Waals surface area (Å²) < 4.78 is 0. The number of aryl methyl sites for hydroxylation is 1. The van der Waals surface area contributed by atoms with Gasteiger partial charge in [-0.1, -0.05) is 42.1 Å². The predicted octanol–water partition coefficient (Wildman–Crippen LogP) is 4.01. The van der Waals surface area contributed by atoms with E-state index in [4.69, 9.17) is 0 Å². The third-order valence-electron chi connectivity index (χ3n) is 3.49. The van der Waals surface area contributed by atoms with Gasteiger partial charge in [-0.25, -0.2) is 0 Å². The van der Waals surface area contributed by atoms with Crippen molar-refractivity contribution in [1.29, 1.82) is 0 Å². The van der Waals surface area contributed by atoms with Gasteiger partial charge in [-0.2, -0.15) is 0 Å². The lowest BCUT2D eigenvalue weighted by Gasteiger charge is -2.14. The molecule has 1 aromatic rings. The zero-order valence-electron chi connectivity index (χ0n) is 14.7. The molecule has 0 aliphatic rings. The zero-order chi connectivity index (χ0) is 18.5. The van der Waals surface area contributed by atoms with Crippen molar-refractivity contribution in [3.8, 4) is 0 Å². The van der Waals surface area contributed by atoms with Gasteiger partial charge in [0, 0.05) is 7.05 Å². The maximum Gasteiger partial charge on any atom is 0.158 e. The van der Waals surface area contributed by atoms with Crippen LogP contribution in [-0.4, -0.2) is 37.1 Å². The second kappa shape index (κ2) is 12.0. The normalized spacial score (nSPS) is 12.6. The molecule has 0 atom stereocenters. The molecule has 0 fully saturated rings. The molecule has 0 aromatic heterocycles. The third kappa shape index (κ3) is 8.31. The van der Waals surface area contributed by atoms with E-state index in [1.54, 1.807) is 13.0 Å². The van der Waals surface area contributed by atoms with E-state index in [1.807, 2.05) is 42.4 Å². The highest BCUT2D eigenvalue weighted by molar-refractivity contribution is 8.03. The number of carbonyl (C=O) groups is 2. The quantitative estimate of drug-likeness (QED) is 0.198. The number of nitrogens with zero attached hydrogens (tertiary/aromatic N) is 2. The first-order valence-corrected chi connectivity index (χ1v) is 8.91. The van der Waals surface area contributed by atoms with Crippen molar-refractivity contribution in [2.24, 2.45) is 4.99 Å². The van der Waals surface area contributed by atoms with E-state index in [0.717, 1.165) is 31.0 Å². The lowest BCUT2D eigenvalue weighted by molar-refractivity contribution is -0.105. The Morgan fingerprint density at radius 2 is 2.00 bits per heavy atom. The van der Waals surface area contributed by atoms with E-state index in [-0.39, 0.29) is 0 Å². The van der Waals surface area contributed by atoms with Gasteiger partial charge in [0.1, 0.15) is 6.29 Å². The summed E-state index contributed by atoms with van der Waals surface area (Å²) in [6, 6.07) is 10.2. The molecule has 132 valence electrons. The molecule has 0 saturated heterocycles. The summed E-state index contributed by atoms with van der Waals surface area (Å²) in [4.78, 5) is 28.2. The number of carbonyl (C=O) groups excluding carboxylic acids is 2. The molecule has 0 radical (unpaired) electrons. The number of aliphatic imine (C=N–C) groups is 1. The molecule has 0 saturated carbocycles. The fraction of sp³-hybridized carbons (Fsp3) is 0.250. The SMILES string of the molecule is C=N/C(C)=C(/C=O)SCN(C)C=C/C(=C\C=O)CCc1ccccc1. The molecule has 0 N–H and O–H groups in total. The molecule has 0 aliphatic carbocycles. The monoisotopic (exact) mass is 356 g/mol. The smallest absolute Gasteiger partial charge is 0.158 e. The number of rotatable bonds is 11. The van der Waals surface area contributed by atoms with Gasteiger partial charge < -0.3 is 4.90 Å². The van der Waals surface area contributed by atoms with Crippen LogP contribution in [0, 0.1) is 0 Å². The Hall–Kier alpha value is -2.40. The molecule has 1 aromatic carbocycles. The highest BCUT2D eigenvalue weighted by atomic mass is 32.2. The number of hydrogen-bond donors (Lipinski definition) is 0. The number of thioether (sulfide) groups is 1. The van der Waals surface area contributed by atoms with Gasteiger partial charge in [0.15, 0.2) is 6.29 Å². The van der Waals surface area contributed by atoms with Crippen LogP contribution in [0.25, 0.3) is 0 Å². The van der Waals surface area contributed by atoms with Crippen LogP contribution in [-0.2, 0) is 16.0 Å². The van der Waals surface area contributed by atoms with Crippen molar-refractivity contribution in [3.63, 3.8) is 0 Å². The summed E-state index contributed by atoms with van der Waals surface area (Å²) in [5, 5.41) is 0. The van der Waals surface area contributed by atoms with Gasteiger partial charge in [-0.15, -0.1) is 0 Å². The minimum Gasteiger partial charge on any atom is -0.371 e. The van der Waals surface area contributed by atoms with Gasteiger partial charge in [0.25, 0.3) is 0 Å². The van der Waals surface area contributed by atoms with E-state index < -0.39 is 0 Å². The summed E-state index contributed by atoms with van der Waals surface area (Å²) in [6.07, 6.45) is 8.70. The standard InChI is InChI=1S/C20H24N2O2S/c1-17(21-2)20(15-24)25-16-22(3)13-11-19(12-14-23)10-9-18-7-5-4-6-8-18/h4-8,11-15H,2,9-10,16H2,1,3H3/b13-11?,19-12-,20-17-. The van der Waals surface area contributed by atoms with Crippen LogP contribution in [0.2, 0.25) is 0 Å². The highest BCUT2D eigenvalue weighted by Gasteiger charge is 2.03. The van der Waals surface area contributed by atoms with Crippen molar-refractivity contribution in [2.45, 2.75) is 19.8 Å². The number of allylic oxidation sites excluding steroid dienone is 5. The molecule has 0 aliphatic heterocycles. The van der Waals surface area contributed by atoms with Crippen LogP contribution in [0.1, 0.15) is 18.9 Å². The summed E-state index contributed by atoms with van der Waals surface area (Å²) in [7, 11) is 1.92. The van der Waals surface area contributed by atoms with E-state index in [9.17, 15) is 9.59 Å². The van der Waals surface area contributed by atoms with Gasteiger partial charge in [-0.05, 0) is 56.0 Å². The van der Waals surface area contributed by atoms with Crippen LogP contribution in [0.15, 0.2) is 69.9 Å². The zero-order valence-corrected chi connectivity index (χ0v) is 15.5. The Labute approximate surface area is 154 Å². The van der Waals surface area contributed by atoms with Gasteiger partial charge in [0.2, 0.25) is 0 Å². The average molecular weight is 356 g/mol. The van der Waals surface area contributed by atoms with Crippen molar-refractivity contribution < 1.29 is 9.59 Å². The summed E-state index contributed by atoms with van der Waals surface area (Å²) >= 11 is 1.40. The van der Waals surface area contributed by atoms with Crippen LogP contribution in [0.3, 0.4) is 0 Å². The van der Waals surface area contributed by atoms with Crippen molar-refractivity contribution >= 4 is 31.1 Å². The molecule has 0 unspecified atom stereocenters. The molecular formula is C20H24N2O2S. The Morgan fingerprint density at radius 3 is 2.60 bits per heavy atom. The van der Waals surface area contributed by atoms with Gasteiger partial charge in [0.05, 0.1) is 16.5 Å². The summed E-state index contributed by atoms with van der Waals surface area (Å²) in [6.45, 7) is 5.19. The Kier molecular flexibility index (Phi) is 9.94. The van der Waals surface area contributed by atoms with Crippen molar-refractivity contribution in [2.75, 3.05) is 12.9 Å². The van der Waals surface area contributed by atoms with Crippen molar-refractivity contribution in [1.82, 2.24) is 4.90 Å². The second-order valence-electron chi connectivity index (χ2n) is 5.44.